The minimum absolute atomic E-state index is 1.25. The fourth-order valence-electron chi connectivity index (χ4n) is 4.02. The van der Waals surface area contributed by atoms with Gasteiger partial charge in [-0.3, -0.25) is 0 Å². The first-order valence-electron chi connectivity index (χ1n) is 10.8. The molecule has 5 aromatic rings. The summed E-state index contributed by atoms with van der Waals surface area (Å²) >= 11 is 2.01. The van der Waals surface area contributed by atoms with Crippen molar-refractivity contribution < 1.29 is 0 Å². The molecule has 0 amide bonds. The molecule has 32 heavy (non-hydrogen) atoms. The van der Waals surface area contributed by atoms with Gasteiger partial charge in [-0.2, -0.15) is 0 Å². The Labute approximate surface area is 195 Å². The first-order chi connectivity index (χ1) is 15.9. The predicted octanol–water partition coefficient (Wildman–Crippen LogP) is 7.35. The van der Waals surface area contributed by atoms with Crippen LogP contribution in [-0.4, -0.2) is 0 Å². The molecule has 0 saturated heterocycles. The van der Waals surface area contributed by atoms with E-state index in [1.54, 1.807) is 0 Å². The van der Waals surface area contributed by atoms with Crippen molar-refractivity contribution in [3.8, 4) is 11.1 Å². The zero-order valence-corrected chi connectivity index (χ0v) is 19.4. The molecule has 0 aliphatic rings. The number of hydrogen-bond acceptors (Lipinski definition) is 1. The van der Waals surface area contributed by atoms with E-state index in [0.29, 0.717) is 0 Å². The maximum Gasteiger partial charge on any atom is 0.176 e. The van der Waals surface area contributed by atoms with Crippen LogP contribution in [0.1, 0.15) is 0 Å². The van der Waals surface area contributed by atoms with Gasteiger partial charge in [0.2, 0.25) is 0 Å². The van der Waals surface area contributed by atoms with Crippen molar-refractivity contribution in [1.82, 2.24) is 0 Å². The molecule has 0 heterocycles. The molecule has 2 heteroatoms. The number of hydrogen-bond donors (Lipinski definition) is 0. The van der Waals surface area contributed by atoms with Crippen LogP contribution >= 0.6 is 17.8 Å². The molecular weight excluding hydrogens is 423 g/mol. The molecular formula is C30H24PS+. The Morgan fingerprint density at radius 3 is 1.09 bits per heavy atom. The lowest BCUT2D eigenvalue weighted by atomic mass is 10.1. The molecule has 0 bridgehead atoms. The van der Waals surface area contributed by atoms with Crippen molar-refractivity contribution in [1.29, 1.82) is 0 Å². The molecule has 0 aliphatic heterocycles. The Bertz CT molecular complexity index is 1160. The second-order valence-electron chi connectivity index (χ2n) is 7.60. The largest absolute Gasteiger partial charge is 0.176 e. The zero-order chi connectivity index (χ0) is 21.6. The fourth-order valence-corrected chi connectivity index (χ4v) is 10.9. The van der Waals surface area contributed by atoms with Crippen LogP contribution in [0.2, 0.25) is 0 Å². The normalized spacial score (nSPS) is 11.2. The zero-order valence-electron chi connectivity index (χ0n) is 17.7. The first-order valence-corrected chi connectivity index (χ1v) is 14.0. The van der Waals surface area contributed by atoms with Crippen molar-refractivity contribution in [3.63, 3.8) is 0 Å². The third kappa shape index (κ3) is 4.15. The SMILES string of the molecule is c1ccc(-c2ccc(S[P+](c3ccccc3)(c3ccccc3)c3ccccc3)cc2)cc1. The molecule has 154 valence electrons. The summed E-state index contributed by atoms with van der Waals surface area (Å²) in [5.41, 5.74) is 2.50. The third-order valence-corrected chi connectivity index (χ3v) is 12.7. The average molecular weight is 448 g/mol. The molecule has 5 rings (SSSR count). The van der Waals surface area contributed by atoms with E-state index in [0.717, 1.165) is 0 Å². The Morgan fingerprint density at radius 1 is 0.344 bits per heavy atom. The molecule has 0 nitrogen and oxygen atoms in total. The lowest BCUT2D eigenvalue weighted by Crippen LogP contribution is -2.28. The average Bonchev–Trinajstić information content (AvgIpc) is 2.90. The van der Waals surface area contributed by atoms with E-state index in [-0.39, 0.29) is 0 Å². The summed E-state index contributed by atoms with van der Waals surface area (Å²) < 4.78 is 0. The summed E-state index contributed by atoms with van der Waals surface area (Å²) in [5.74, 6) is 0. The highest BCUT2D eigenvalue weighted by Gasteiger charge is 2.47. The van der Waals surface area contributed by atoms with Gasteiger partial charge in [-0.05, 0) is 59.7 Å². The van der Waals surface area contributed by atoms with Gasteiger partial charge in [0, 0.05) is 4.90 Å². The topological polar surface area (TPSA) is 0 Å². The van der Waals surface area contributed by atoms with Crippen molar-refractivity contribution >= 4 is 33.8 Å². The highest BCUT2D eigenvalue weighted by molar-refractivity contribution is 8.69. The monoisotopic (exact) mass is 447 g/mol. The number of benzene rings is 5. The summed E-state index contributed by atoms with van der Waals surface area (Å²) in [6, 6.07) is 52.6. The van der Waals surface area contributed by atoms with Crippen LogP contribution in [0.4, 0.5) is 0 Å². The van der Waals surface area contributed by atoms with Crippen LogP contribution in [0.3, 0.4) is 0 Å². The highest BCUT2D eigenvalue weighted by Crippen LogP contribution is 2.69. The summed E-state index contributed by atoms with van der Waals surface area (Å²) in [6.45, 7) is -1.95. The maximum atomic E-state index is 2.29. The Kier molecular flexibility index (Phi) is 6.21. The maximum absolute atomic E-state index is 2.29. The van der Waals surface area contributed by atoms with E-state index >= 15 is 0 Å². The lowest BCUT2D eigenvalue weighted by molar-refractivity contribution is 1.47. The predicted molar refractivity (Wildman–Crippen MR) is 143 cm³/mol. The Balaban J connectivity index is 1.65. The fraction of sp³-hybridized carbons (Fsp3) is 0. The lowest BCUT2D eigenvalue weighted by Gasteiger charge is -2.25. The van der Waals surface area contributed by atoms with Gasteiger partial charge in [-0.15, -0.1) is 0 Å². The number of rotatable bonds is 6. The Morgan fingerprint density at radius 2 is 0.688 bits per heavy atom. The van der Waals surface area contributed by atoms with Gasteiger partial charge in [0.15, 0.2) is 6.46 Å². The minimum Gasteiger partial charge on any atom is -0.0622 e. The minimum atomic E-state index is -1.95. The van der Waals surface area contributed by atoms with E-state index in [4.69, 9.17) is 0 Å². The molecule has 0 aliphatic carbocycles. The van der Waals surface area contributed by atoms with Crippen LogP contribution in [0.5, 0.6) is 0 Å². The van der Waals surface area contributed by atoms with Gasteiger partial charge in [0.05, 0.1) is 11.4 Å². The van der Waals surface area contributed by atoms with Crippen LogP contribution in [-0.2, 0) is 0 Å². The first kappa shape index (κ1) is 20.8. The van der Waals surface area contributed by atoms with E-state index in [9.17, 15) is 0 Å². The molecule has 0 N–H and O–H groups in total. The van der Waals surface area contributed by atoms with Crippen molar-refractivity contribution in [2.24, 2.45) is 0 Å². The van der Waals surface area contributed by atoms with Gasteiger partial charge in [-0.1, -0.05) is 97.1 Å². The molecule has 0 aromatic heterocycles. The molecule has 0 spiro atoms. The van der Waals surface area contributed by atoms with Gasteiger partial charge < -0.3 is 0 Å². The van der Waals surface area contributed by atoms with Gasteiger partial charge in [0.25, 0.3) is 0 Å². The second kappa shape index (κ2) is 9.57. The molecule has 0 fully saturated rings. The molecule has 0 radical (unpaired) electrons. The standard InChI is InChI=1S/C30H24PS/c1-5-13-25(14-6-1)26-21-23-30(24-22-26)32-31(27-15-7-2-8-16-27,28-17-9-3-10-18-28)29-19-11-4-12-20-29/h1-24H/q+1. The van der Waals surface area contributed by atoms with Crippen molar-refractivity contribution in [2.75, 3.05) is 0 Å². The summed E-state index contributed by atoms with van der Waals surface area (Å²) in [4.78, 5) is 1.29. The second-order valence-corrected chi connectivity index (χ2v) is 13.2. The smallest absolute Gasteiger partial charge is 0.0622 e. The van der Waals surface area contributed by atoms with Crippen LogP contribution in [0.15, 0.2) is 150 Å². The van der Waals surface area contributed by atoms with Crippen LogP contribution in [0.25, 0.3) is 11.1 Å². The van der Waals surface area contributed by atoms with E-state index in [1.807, 2.05) is 11.4 Å². The van der Waals surface area contributed by atoms with Gasteiger partial charge in [0.1, 0.15) is 15.9 Å². The molecule has 0 unspecified atom stereocenters. The van der Waals surface area contributed by atoms with Crippen molar-refractivity contribution in [2.45, 2.75) is 4.90 Å². The van der Waals surface area contributed by atoms with E-state index < -0.39 is 6.46 Å². The van der Waals surface area contributed by atoms with Gasteiger partial charge in [-0.25, -0.2) is 0 Å². The molecule has 0 atom stereocenters. The Hall–Kier alpha value is -3.12. The summed E-state index contributed by atoms with van der Waals surface area (Å²) in [6.07, 6.45) is 0. The summed E-state index contributed by atoms with van der Waals surface area (Å²) in [5, 5.41) is 4.15. The quantitative estimate of drug-likeness (QED) is 0.245. The van der Waals surface area contributed by atoms with Crippen LogP contribution < -0.4 is 15.9 Å². The van der Waals surface area contributed by atoms with Crippen molar-refractivity contribution in [3.05, 3.63) is 146 Å². The highest BCUT2D eigenvalue weighted by atomic mass is 32.7. The molecule has 5 aromatic carbocycles. The third-order valence-electron chi connectivity index (χ3n) is 5.56. The summed E-state index contributed by atoms with van der Waals surface area (Å²) in [7, 11) is 0. The van der Waals surface area contributed by atoms with Crippen LogP contribution in [0, 0.1) is 0 Å². The van der Waals surface area contributed by atoms with Gasteiger partial charge >= 0.3 is 0 Å². The van der Waals surface area contributed by atoms with E-state index in [1.165, 1.54) is 31.9 Å². The van der Waals surface area contributed by atoms with E-state index in [2.05, 4.69) is 146 Å². The molecule has 0 saturated carbocycles.